The van der Waals surface area contributed by atoms with E-state index >= 15 is 0 Å². The van der Waals surface area contributed by atoms with Crippen LogP contribution in [0.3, 0.4) is 0 Å². The molecule has 16 aromatic rings. The molecule has 13 nitrogen and oxygen atoms in total. The van der Waals surface area contributed by atoms with Gasteiger partial charge in [-0.3, -0.25) is 4.98 Å². The summed E-state index contributed by atoms with van der Waals surface area (Å²) in [4.78, 5) is 47.0. The molecule has 0 amide bonds. The fraction of sp³-hybridized carbons (Fsp3) is 0.0270. The monoisotopic (exact) mass is 1120 g/mol. The van der Waals surface area contributed by atoms with E-state index in [0.29, 0.717) is 34.9 Å². The molecule has 0 saturated carbocycles. The van der Waals surface area contributed by atoms with Gasteiger partial charge >= 0.3 is 0 Å². The summed E-state index contributed by atoms with van der Waals surface area (Å²) in [6.45, 7) is 0. The van der Waals surface area contributed by atoms with E-state index in [-0.39, 0.29) is 0 Å². The number of para-hydroxylation sites is 2. The van der Waals surface area contributed by atoms with Crippen LogP contribution in [-0.2, 0) is 0 Å². The summed E-state index contributed by atoms with van der Waals surface area (Å²) in [5, 5.41) is 6.21. The first kappa shape index (κ1) is 49.6. The molecule has 0 saturated heterocycles. The third-order valence-electron chi connectivity index (χ3n) is 16.5. The SMILES string of the molecule is C1=CCCC(c2ncnc(-c3ccc4c(c3)c3cc(-c5ncnc(-c6ccccc6)n5)ccc3n4-c3cccc(-c4cccc5c4oc4c(-c6cccc(-n7c8ccncc8c8cc(-c9ncnc(-c%10ccccc%10)n9)ccc87)c6)cccc45)c3)n2)=C1. The Hall–Kier alpha value is -12.0. The van der Waals surface area contributed by atoms with Crippen molar-refractivity contribution in [2.45, 2.75) is 12.8 Å². The van der Waals surface area contributed by atoms with Gasteiger partial charge in [-0.25, -0.2) is 44.9 Å². The maximum atomic E-state index is 7.17. The fourth-order valence-electron chi connectivity index (χ4n) is 12.5. The minimum atomic E-state index is 0.586. The van der Waals surface area contributed by atoms with E-state index in [1.54, 1.807) is 19.0 Å². The van der Waals surface area contributed by atoms with Crippen molar-refractivity contribution >= 4 is 71.1 Å². The van der Waals surface area contributed by atoms with Crippen molar-refractivity contribution in [2.24, 2.45) is 0 Å². The molecule has 0 unspecified atom stereocenters. The third kappa shape index (κ3) is 8.55. The van der Waals surface area contributed by atoms with E-state index in [1.807, 2.05) is 73.1 Å². The quantitative estimate of drug-likeness (QED) is 0.129. The molecule has 7 aromatic heterocycles. The molecule has 9 aromatic carbocycles. The Kier molecular flexibility index (Phi) is 11.7. The summed E-state index contributed by atoms with van der Waals surface area (Å²) in [6.07, 6.45) is 16.7. The van der Waals surface area contributed by atoms with Gasteiger partial charge in [0.05, 0.1) is 22.1 Å². The van der Waals surface area contributed by atoms with Gasteiger partial charge in [-0.2, -0.15) is 0 Å². The summed E-state index contributed by atoms with van der Waals surface area (Å²) in [7, 11) is 0. The molecule has 0 atom stereocenters. The van der Waals surface area contributed by atoms with E-state index < -0.39 is 0 Å². The second-order valence-electron chi connectivity index (χ2n) is 21.6. The highest BCUT2D eigenvalue weighted by atomic mass is 16.3. The van der Waals surface area contributed by atoms with E-state index in [9.17, 15) is 0 Å². The average molecular weight is 1120 g/mol. The Morgan fingerprint density at radius 1 is 0.345 bits per heavy atom. The molecule has 87 heavy (non-hydrogen) atoms. The smallest absolute Gasteiger partial charge is 0.163 e. The van der Waals surface area contributed by atoms with Gasteiger partial charge in [-0.1, -0.05) is 140 Å². The van der Waals surface area contributed by atoms with Gasteiger partial charge in [0.15, 0.2) is 34.9 Å². The van der Waals surface area contributed by atoms with Gasteiger partial charge in [0, 0.05) is 95.0 Å². The van der Waals surface area contributed by atoms with Crippen LogP contribution in [0, 0.1) is 0 Å². The first-order valence-corrected chi connectivity index (χ1v) is 28.8. The van der Waals surface area contributed by atoms with E-state index in [2.05, 4.69) is 203 Å². The largest absolute Gasteiger partial charge is 0.455 e. The molecular weight excluding hydrogens is 1070 g/mol. The third-order valence-corrected chi connectivity index (χ3v) is 16.5. The van der Waals surface area contributed by atoms with Gasteiger partial charge in [0.25, 0.3) is 0 Å². The van der Waals surface area contributed by atoms with Gasteiger partial charge in [0.1, 0.15) is 30.1 Å². The van der Waals surface area contributed by atoms with Crippen molar-refractivity contribution in [1.82, 2.24) is 59.0 Å². The maximum Gasteiger partial charge on any atom is 0.163 e. The first-order chi connectivity index (χ1) is 43.1. The Morgan fingerprint density at radius 2 is 0.782 bits per heavy atom. The highest BCUT2D eigenvalue weighted by Crippen LogP contribution is 2.43. The van der Waals surface area contributed by atoms with Gasteiger partial charge < -0.3 is 13.6 Å². The Labute approximate surface area is 497 Å². The maximum absolute atomic E-state index is 7.17. The average Bonchev–Trinajstić information content (AvgIpc) is 2.53. The van der Waals surface area contributed by atoms with Crippen LogP contribution in [0.25, 0.3) is 162 Å². The number of aromatic nitrogens is 12. The summed E-state index contributed by atoms with van der Waals surface area (Å²) in [5.41, 5.74) is 17.4. The number of pyridine rings is 1. The standard InChI is InChI=1S/C74H46N12O/c1-4-14-45(15-5-1)69-76-42-79-72(82-69)50-28-31-63-59(38-50)60-39-51(73-80-43-77-70(83-73)46-16-6-2-7-17-46)29-32-64(60)85(63)53-22-10-20-48(36-53)55-24-12-26-57-58-27-13-25-56(68(58)87-67(55)57)49-21-11-23-54(37-49)86-65-33-30-52(40-61(65)62-41-75-35-34-66(62)86)74-81-44-78-71(84-74)47-18-8-3-9-19-47/h1-6,8-16,18-44H,7,17H2. The Morgan fingerprint density at radius 3 is 1.28 bits per heavy atom. The molecule has 7 heterocycles. The van der Waals surface area contributed by atoms with E-state index in [0.717, 1.165) is 145 Å². The summed E-state index contributed by atoms with van der Waals surface area (Å²) < 4.78 is 11.8. The second-order valence-corrected chi connectivity index (χ2v) is 21.6. The van der Waals surface area contributed by atoms with Crippen molar-refractivity contribution < 1.29 is 4.42 Å². The highest BCUT2D eigenvalue weighted by Gasteiger charge is 2.22. The van der Waals surface area contributed by atoms with Crippen LogP contribution in [0.15, 0.2) is 260 Å². The molecule has 0 bridgehead atoms. The zero-order valence-corrected chi connectivity index (χ0v) is 46.4. The Balaban J connectivity index is 0.761. The normalized spacial score (nSPS) is 12.5. The van der Waals surface area contributed by atoms with Crippen LogP contribution in [0.4, 0.5) is 0 Å². The van der Waals surface area contributed by atoms with Gasteiger partial charge in [-0.05, 0) is 114 Å². The number of benzene rings is 9. The summed E-state index contributed by atoms with van der Waals surface area (Å²) in [5.74, 6) is 3.74. The van der Waals surface area contributed by atoms with Crippen molar-refractivity contribution in [3.05, 3.63) is 262 Å². The molecule has 13 heteroatoms. The predicted molar refractivity (Wildman–Crippen MR) is 345 cm³/mol. The minimum absolute atomic E-state index is 0.586. The van der Waals surface area contributed by atoms with Crippen LogP contribution in [0.2, 0.25) is 0 Å². The number of hydrogen-bond donors (Lipinski definition) is 0. The summed E-state index contributed by atoms with van der Waals surface area (Å²) >= 11 is 0. The minimum Gasteiger partial charge on any atom is -0.455 e. The first-order valence-electron chi connectivity index (χ1n) is 28.8. The van der Waals surface area contributed by atoms with Crippen LogP contribution >= 0.6 is 0 Å². The lowest BCUT2D eigenvalue weighted by Crippen LogP contribution is -2.00. The van der Waals surface area contributed by atoms with Crippen LogP contribution in [-0.4, -0.2) is 59.0 Å². The second kappa shape index (κ2) is 20.4. The molecule has 0 fully saturated rings. The van der Waals surface area contributed by atoms with Crippen LogP contribution in [0.5, 0.6) is 0 Å². The molecule has 0 radical (unpaired) electrons. The predicted octanol–water partition coefficient (Wildman–Crippen LogP) is 17.1. The fourth-order valence-corrected chi connectivity index (χ4v) is 12.5. The van der Waals surface area contributed by atoms with Gasteiger partial charge in [0.2, 0.25) is 0 Å². The molecule has 1 aliphatic carbocycles. The van der Waals surface area contributed by atoms with E-state index in [1.165, 1.54) is 0 Å². The lowest BCUT2D eigenvalue weighted by molar-refractivity contribution is 0.671. The van der Waals surface area contributed by atoms with Gasteiger partial charge in [-0.15, -0.1) is 0 Å². The van der Waals surface area contributed by atoms with Crippen molar-refractivity contribution in [3.63, 3.8) is 0 Å². The molecule has 17 rings (SSSR count). The highest BCUT2D eigenvalue weighted by molar-refractivity contribution is 6.15. The lowest BCUT2D eigenvalue weighted by atomic mass is 9.99. The number of hydrogen-bond acceptors (Lipinski definition) is 11. The van der Waals surface area contributed by atoms with Crippen LogP contribution < -0.4 is 0 Å². The topological polar surface area (TPSA) is 152 Å². The molecular formula is C74H46N12O. The number of furan rings is 1. The molecule has 408 valence electrons. The number of rotatable bonds is 10. The number of fused-ring (bicyclic) bond motifs is 9. The zero-order valence-electron chi connectivity index (χ0n) is 46.4. The summed E-state index contributed by atoms with van der Waals surface area (Å²) in [6, 6.07) is 71.6. The van der Waals surface area contributed by atoms with Crippen molar-refractivity contribution in [1.29, 1.82) is 0 Å². The molecule has 0 spiro atoms. The van der Waals surface area contributed by atoms with Crippen molar-refractivity contribution in [2.75, 3.05) is 0 Å². The van der Waals surface area contributed by atoms with Crippen molar-refractivity contribution in [3.8, 4) is 90.6 Å². The molecule has 0 N–H and O–H groups in total. The molecule has 0 aliphatic heterocycles. The molecule has 1 aliphatic rings. The van der Waals surface area contributed by atoms with E-state index in [4.69, 9.17) is 24.4 Å². The lowest BCUT2D eigenvalue weighted by Gasteiger charge is -2.11. The Bertz CT molecular complexity index is 5490. The van der Waals surface area contributed by atoms with Crippen LogP contribution in [0.1, 0.15) is 18.7 Å². The number of allylic oxidation sites excluding steroid dienone is 4. The number of nitrogens with zero attached hydrogens (tertiary/aromatic N) is 12. The zero-order chi connectivity index (χ0) is 57.4.